The molecule has 2 heteroatoms. The van der Waals surface area contributed by atoms with Crippen molar-refractivity contribution in [3.8, 4) is 33.4 Å². The fraction of sp³-hybridized carbons (Fsp3) is 0. The molecule has 0 saturated carbocycles. The van der Waals surface area contributed by atoms with E-state index in [1.54, 1.807) is 0 Å². The summed E-state index contributed by atoms with van der Waals surface area (Å²) in [6.45, 7) is 0. The van der Waals surface area contributed by atoms with Crippen molar-refractivity contribution >= 4 is 60.5 Å². The smallest absolute Gasteiger partial charge is 0.145 e. The molecule has 0 amide bonds. The molecule has 0 spiro atoms. The van der Waals surface area contributed by atoms with Gasteiger partial charge in [-0.05, 0) is 91.8 Å². The lowest BCUT2D eigenvalue weighted by Gasteiger charge is -2.27. The summed E-state index contributed by atoms with van der Waals surface area (Å²) in [5.74, 6) is 0. The number of fused-ring (bicyclic) bond motifs is 6. The number of rotatable bonds is 6. The molecule has 9 aromatic carbocycles. The zero-order valence-corrected chi connectivity index (χ0v) is 28.4. The van der Waals surface area contributed by atoms with Crippen LogP contribution < -0.4 is 4.90 Å². The zero-order chi connectivity index (χ0) is 34.4. The van der Waals surface area contributed by atoms with Crippen LogP contribution in [-0.4, -0.2) is 0 Å². The molecule has 1 heterocycles. The Kier molecular flexibility index (Phi) is 7.18. The van der Waals surface area contributed by atoms with Crippen LogP contribution in [0, 0.1) is 0 Å². The predicted octanol–water partition coefficient (Wildman–Crippen LogP) is 14.4. The van der Waals surface area contributed by atoms with Crippen molar-refractivity contribution in [2.24, 2.45) is 0 Å². The van der Waals surface area contributed by atoms with Gasteiger partial charge in [0.05, 0.1) is 11.1 Å². The van der Waals surface area contributed by atoms with Crippen molar-refractivity contribution in [2.75, 3.05) is 4.90 Å². The van der Waals surface area contributed by atoms with Crippen LogP contribution in [0.1, 0.15) is 0 Å². The Morgan fingerprint density at radius 2 is 0.885 bits per heavy atom. The first kappa shape index (κ1) is 30.0. The van der Waals surface area contributed by atoms with Gasteiger partial charge in [0.2, 0.25) is 0 Å². The van der Waals surface area contributed by atoms with E-state index in [9.17, 15) is 0 Å². The second-order valence-corrected chi connectivity index (χ2v) is 13.3. The van der Waals surface area contributed by atoms with Crippen LogP contribution in [0.25, 0.3) is 76.9 Å². The summed E-state index contributed by atoms with van der Waals surface area (Å²) in [7, 11) is 0. The Balaban J connectivity index is 1.21. The first-order chi connectivity index (χ1) is 25.8. The van der Waals surface area contributed by atoms with Crippen LogP contribution in [-0.2, 0) is 0 Å². The summed E-state index contributed by atoms with van der Waals surface area (Å²) in [6, 6.07) is 71.6. The first-order valence-corrected chi connectivity index (χ1v) is 17.8. The van der Waals surface area contributed by atoms with Crippen LogP contribution in [0.5, 0.6) is 0 Å². The molecule has 10 rings (SSSR count). The molecule has 52 heavy (non-hydrogen) atoms. The standard InChI is InChI=1S/C50H33NO/c1-3-13-34(14-4-1)41-18-9-10-19-42(41)37-25-28-39(29-26-37)51(40-30-27-38-24-23-36-17-7-8-20-43(36)46(38)33-40)47-32-31-44(35-15-5-2-6-16-35)50-49(47)45-21-11-12-22-48(45)52-50/h1-33H. The van der Waals surface area contributed by atoms with Crippen LogP contribution in [0.4, 0.5) is 17.1 Å². The summed E-state index contributed by atoms with van der Waals surface area (Å²) in [5, 5.41) is 7.10. The quantitative estimate of drug-likeness (QED) is 0.165. The Labute approximate surface area is 302 Å². The second kappa shape index (κ2) is 12.5. The van der Waals surface area contributed by atoms with Gasteiger partial charge in [-0.15, -0.1) is 0 Å². The number of para-hydroxylation sites is 1. The SMILES string of the molecule is c1ccc(-c2ccccc2-c2ccc(N(c3ccc4ccc5ccccc5c4c3)c3ccc(-c4ccccc4)c4oc5ccccc5c34)cc2)cc1. The molecule has 2 nitrogen and oxygen atoms in total. The minimum absolute atomic E-state index is 0.874. The maximum absolute atomic E-state index is 6.73. The maximum Gasteiger partial charge on any atom is 0.145 e. The Morgan fingerprint density at radius 3 is 1.62 bits per heavy atom. The summed E-state index contributed by atoms with van der Waals surface area (Å²) in [6.07, 6.45) is 0. The van der Waals surface area contributed by atoms with Crippen molar-refractivity contribution in [3.63, 3.8) is 0 Å². The average molecular weight is 664 g/mol. The molecule has 0 aliphatic carbocycles. The van der Waals surface area contributed by atoms with Crippen molar-refractivity contribution < 1.29 is 4.42 Å². The Hall–Kier alpha value is -6.90. The lowest BCUT2D eigenvalue weighted by molar-refractivity contribution is 0.670. The third kappa shape index (κ3) is 5.04. The van der Waals surface area contributed by atoms with Gasteiger partial charge in [-0.1, -0.05) is 158 Å². The number of benzene rings is 9. The summed E-state index contributed by atoms with van der Waals surface area (Å²) in [4.78, 5) is 2.40. The van der Waals surface area contributed by atoms with Gasteiger partial charge in [-0.25, -0.2) is 0 Å². The van der Waals surface area contributed by atoms with E-state index in [-0.39, 0.29) is 0 Å². The highest BCUT2D eigenvalue weighted by molar-refractivity contribution is 6.17. The minimum Gasteiger partial charge on any atom is -0.455 e. The first-order valence-electron chi connectivity index (χ1n) is 17.8. The lowest BCUT2D eigenvalue weighted by atomic mass is 9.94. The Morgan fingerprint density at radius 1 is 0.346 bits per heavy atom. The van der Waals surface area contributed by atoms with Gasteiger partial charge in [0, 0.05) is 22.3 Å². The zero-order valence-electron chi connectivity index (χ0n) is 28.4. The molecular formula is C50H33NO. The number of hydrogen-bond donors (Lipinski definition) is 0. The lowest BCUT2D eigenvalue weighted by Crippen LogP contribution is -2.10. The third-order valence-corrected chi connectivity index (χ3v) is 10.3. The van der Waals surface area contributed by atoms with Crippen molar-refractivity contribution in [2.45, 2.75) is 0 Å². The Bertz CT molecular complexity index is 2890. The molecule has 0 bridgehead atoms. The topological polar surface area (TPSA) is 16.4 Å². The summed E-state index contributed by atoms with van der Waals surface area (Å²) < 4.78 is 6.73. The molecule has 0 radical (unpaired) electrons. The molecule has 0 atom stereocenters. The van der Waals surface area contributed by atoms with Crippen molar-refractivity contribution in [1.29, 1.82) is 0 Å². The summed E-state index contributed by atoms with van der Waals surface area (Å²) >= 11 is 0. The number of hydrogen-bond acceptors (Lipinski definition) is 2. The number of nitrogens with zero attached hydrogens (tertiary/aromatic N) is 1. The van der Waals surface area contributed by atoms with E-state index >= 15 is 0 Å². The van der Waals surface area contributed by atoms with E-state index in [2.05, 4.69) is 199 Å². The highest BCUT2D eigenvalue weighted by Crippen LogP contribution is 2.47. The van der Waals surface area contributed by atoms with E-state index in [0.29, 0.717) is 0 Å². The average Bonchev–Trinajstić information content (AvgIpc) is 3.62. The number of furan rings is 1. The minimum atomic E-state index is 0.874. The van der Waals surface area contributed by atoms with Crippen LogP contribution in [0.3, 0.4) is 0 Å². The fourth-order valence-corrected chi connectivity index (χ4v) is 7.79. The molecule has 0 N–H and O–H groups in total. The van der Waals surface area contributed by atoms with Crippen LogP contribution in [0.15, 0.2) is 205 Å². The molecule has 1 aromatic heterocycles. The normalized spacial score (nSPS) is 11.5. The second-order valence-electron chi connectivity index (χ2n) is 13.3. The largest absolute Gasteiger partial charge is 0.455 e. The molecule has 0 fully saturated rings. The van der Waals surface area contributed by atoms with Crippen LogP contribution >= 0.6 is 0 Å². The molecule has 0 aliphatic heterocycles. The van der Waals surface area contributed by atoms with E-state index < -0.39 is 0 Å². The van der Waals surface area contributed by atoms with Gasteiger partial charge in [-0.2, -0.15) is 0 Å². The predicted molar refractivity (Wildman–Crippen MR) is 220 cm³/mol. The van der Waals surface area contributed by atoms with Gasteiger partial charge < -0.3 is 9.32 Å². The highest BCUT2D eigenvalue weighted by atomic mass is 16.3. The van der Waals surface area contributed by atoms with E-state index in [1.165, 1.54) is 43.8 Å². The van der Waals surface area contributed by atoms with E-state index in [4.69, 9.17) is 4.42 Å². The van der Waals surface area contributed by atoms with E-state index in [0.717, 1.165) is 50.1 Å². The number of anilines is 3. The van der Waals surface area contributed by atoms with Gasteiger partial charge >= 0.3 is 0 Å². The monoisotopic (exact) mass is 663 g/mol. The van der Waals surface area contributed by atoms with Crippen molar-refractivity contribution in [3.05, 3.63) is 200 Å². The third-order valence-electron chi connectivity index (χ3n) is 10.3. The molecular weight excluding hydrogens is 631 g/mol. The molecule has 0 saturated heterocycles. The maximum atomic E-state index is 6.73. The van der Waals surface area contributed by atoms with Crippen LogP contribution in [0.2, 0.25) is 0 Å². The van der Waals surface area contributed by atoms with Gasteiger partial charge in [0.25, 0.3) is 0 Å². The van der Waals surface area contributed by atoms with Gasteiger partial charge in [-0.3, -0.25) is 0 Å². The molecule has 244 valence electrons. The van der Waals surface area contributed by atoms with E-state index in [1.807, 2.05) is 6.07 Å². The van der Waals surface area contributed by atoms with Gasteiger partial charge in [0.1, 0.15) is 11.2 Å². The molecule has 10 aromatic rings. The molecule has 0 unspecified atom stereocenters. The fourth-order valence-electron chi connectivity index (χ4n) is 7.79. The van der Waals surface area contributed by atoms with Crippen molar-refractivity contribution in [1.82, 2.24) is 0 Å². The summed E-state index contributed by atoms with van der Waals surface area (Å²) in [5.41, 5.74) is 12.0. The molecule has 0 aliphatic rings. The highest BCUT2D eigenvalue weighted by Gasteiger charge is 2.22. The van der Waals surface area contributed by atoms with Gasteiger partial charge in [0.15, 0.2) is 0 Å².